The number of aryl methyl sites for hydroxylation is 1. The number of hydrogen-bond donors (Lipinski definition) is 2. The lowest BCUT2D eigenvalue weighted by molar-refractivity contribution is 0.185. The fraction of sp³-hybridized carbons (Fsp3) is 0.450. The number of urea groups is 1. The third-order valence-electron chi connectivity index (χ3n) is 4.71. The van der Waals surface area contributed by atoms with Gasteiger partial charge in [-0.25, -0.2) is 4.79 Å². The van der Waals surface area contributed by atoms with Crippen molar-refractivity contribution >= 4 is 6.03 Å². The fourth-order valence-electron chi connectivity index (χ4n) is 3.26. The number of amides is 2. The van der Waals surface area contributed by atoms with E-state index < -0.39 is 0 Å². The maximum atomic E-state index is 12.2. The van der Waals surface area contributed by atoms with Gasteiger partial charge in [0, 0.05) is 25.7 Å². The minimum atomic E-state index is -0.133. The molecule has 1 fully saturated rings. The molecule has 0 spiro atoms. The summed E-state index contributed by atoms with van der Waals surface area (Å²) >= 11 is 0. The summed E-state index contributed by atoms with van der Waals surface area (Å²) in [7, 11) is 0. The number of carbonyl (C=O) groups is 1. The van der Waals surface area contributed by atoms with Crippen LogP contribution in [-0.2, 0) is 6.54 Å². The predicted octanol–water partition coefficient (Wildman–Crippen LogP) is 3.61. The van der Waals surface area contributed by atoms with Crippen LogP contribution in [0.1, 0.15) is 42.9 Å². The van der Waals surface area contributed by atoms with Crippen LogP contribution in [0.4, 0.5) is 4.79 Å². The zero-order valence-electron chi connectivity index (χ0n) is 15.0. The third-order valence-corrected chi connectivity index (χ3v) is 4.71. The van der Waals surface area contributed by atoms with Gasteiger partial charge in [-0.05, 0) is 44.4 Å². The Morgan fingerprint density at radius 3 is 2.56 bits per heavy atom. The highest BCUT2D eigenvalue weighted by atomic mass is 16.3. The van der Waals surface area contributed by atoms with Crippen LogP contribution >= 0.6 is 0 Å². The summed E-state index contributed by atoms with van der Waals surface area (Å²) < 4.78 is 5.56. The predicted molar refractivity (Wildman–Crippen MR) is 98.3 cm³/mol. The molecule has 1 aromatic carbocycles. The third kappa shape index (κ3) is 5.10. The molecule has 2 heterocycles. The van der Waals surface area contributed by atoms with E-state index in [2.05, 4.69) is 39.8 Å². The molecule has 0 bridgehead atoms. The van der Waals surface area contributed by atoms with Crippen molar-refractivity contribution in [1.82, 2.24) is 15.5 Å². The molecule has 2 aromatic rings. The van der Waals surface area contributed by atoms with Gasteiger partial charge < -0.3 is 15.1 Å². The molecule has 1 saturated heterocycles. The molecule has 5 nitrogen and oxygen atoms in total. The highest BCUT2D eigenvalue weighted by molar-refractivity contribution is 5.74. The number of carbonyl (C=O) groups excluding carboxylic acids is 1. The Morgan fingerprint density at radius 1 is 1.20 bits per heavy atom. The highest BCUT2D eigenvalue weighted by Crippen LogP contribution is 2.16. The lowest BCUT2D eigenvalue weighted by atomic mass is 10.0. The van der Waals surface area contributed by atoms with E-state index in [4.69, 9.17) is 4.42 Å². The Bertz CT molecular complexity index is 675. The van der Waals surface area contributed by atoms with E-state index in [1.807, 2.05) is 32.0 Å². The Hall–Kier alpha value is -2.27. The summed E-state index contributed by atoms with van der Waals surface area (Å²) in [5.41, 5.74) is 1.34. The monoisotopic (exact) mass is 341 g/mol. The number of nitrogens with zero attached hydrogens (tertiary/aromatic N) is 1. The SMILES string of the molecule is Cc1ccc([C@@H](C)NC(=O)NC2CCN(Cc3ccccc3)CC2)o1. The molecule has 2 amide bonds. The lowest BCUT2D eigenvalue weighted by Crippen LogP contribution is -2.48. The van der Waals surface area contributed by atoms with Gasteiger partial charge in [-0.1, -0.05) is 30.3 Å². The molecular weight excluding hydrogens is 314 g/mol. The van der Waals surface area contributed by atoms with Crippen molar-refractivity contribution in [3.05, 3.63) is 59.5 Å². The van der Waals surface area contributed by atoms with Gasteiger partial charge in [0.15, 0.2) is 0 Å². The molecule has 0 saturated carbocycles. The van der Waals surface area contributed by atoms with Crippen molar-refractivity contribution in [3.8, 4) is 0 Å². The van der Waals surface area contributed by atoms with Gasteiger partial charge in [-0.2, -0.15) is 0 Å². The number of likely N-dealkylation sites (tertiary alicyclic amines) is 1. The maximum Gasteiger partial charge on any atom is 0.315 e. The molecule has 1 atom stereocenters. The smallest absolute Gasteiger partial charge is 0.315 e. The molecule has 0 unspecified atom stereocenters. The average molecular weight is 341 g/mol. The van der Waals surface area contributed by atoms with Crippen LogP contribution < -0.4 is 10.6 Å². The first-order valence-corrected chi connectivity index (χ1v) is 9.00. The minimum Gasteiger partial charge on any atom is -0.464 e. The number of furan rings is 1. The van der Waals surface area contributed by atoms with Crippen LogP contribution in [0.15, 0.2) is 46.9 Å². The van der Waals surface area contributed by atoms with E-state index in [0.717, 1.165) is 44.0 Å². The van der Waals surface area contributed by atoms with Crippen LogP contribution in [0.3, 0.4) is 0 Å². The van der Waals surface area contributed by atoms with Crippen LogP contribution in [0.2, 0.25) is 0 Å². The number of hydrogen-bond acceptors (Lipinski definition) is 3. The maximum absolute atomic E-state index is 12.2. The molecule has 134 valence electrons. The first kappa shape index (κ1) is 17.5. The highest BCUT2D eigenvalue weighted by Gasteiger charge is 2.21. The first-order valence-electron chi connectivity index (χ1n) is 9.00. The van der Waals surface area contributed by atoms with Crippen LogP contribution in [0.25, 0.3) is 0 Å². The lowest BCUT2D eigenvalue weighted by Gasteiger charge is -2.32. The van der Waals surface area contributed by atoms with Crippen molar-refractivity contribution in [1.29, 1.82) is 0 Å². The molecular formula is C20H27N3O2. The fourth-order valence-corrected chi connectivity index (χ4v) is 3.26. The van der Waals surface area contributed by atoms with E-state index in [1.54, 1.807) is 0 Å². The van der Waals surface area contributed by atoms with Crippen LogP contribution in [0, 0.1) is 6.92 Å². The van der Waals surface area contributed by atoms with Crippen molar-refractivity contribution in [2.24, 2.45) is 0 Å². The average Bonchev–Trinajstić information content (AvgIpc) is 3.04. The van der Waals surface area contributed by atoms with Crippen molar-refractivity contribution in [2.75, 3.05) is 13.1 Å². The van der Waals surface area contributed by atoms with Gasteiger partial charge in [-0.3, -0.25) is 4.90 Å². The second-order valence-electron chi connectivity index (χ2n) is 6.82. The van der Waals surface area contributed by atoms with Crippen molar-refractivity contribution in [3.63, 3.8) is 0 Å². The summed E-state index contributed by atoms with van der Waals surface area (Å²) in [6.45, 7) is 6.83. The van der Waals surface area contributed by atoms with Gasteiger partial charge in [0.1, 0.15) is 11.5 Å². The van der Waals surface area contributed by atoms with Gasteiger partial charge in [-0.15, -0.1) is 0 Å². The largest absolute Gasteiger partial charge is 0.464 e. The summed E-state index contributed by atoms with van der Waals surface area (Å²) in [5, 5.41) is 6.04. The first-order chi connectivity index (χ1) is 12.1. The van der Waals surface area contributed by atoms with E-state index in [0.29, 0.717) is 0 Å². The number of rotatable bonds is 5. The summed E-state index contributed by atoms with van der Waals surface area (Å²) in [5.74, 6) is 1.64. The zero-order valence-corrected chi connectivity index (χ0v) is 15.0. The summed E-state index contributed by atoms with van der Waals surface area (Å²) in [4.78, 5) is 14.6. The van der Waals surface area contributed by atoms with Crippen molar-refractivity contribution in [2.45, 2.75) is 45.3 Å². The minimum absolute atomic E-state index is 0.122. The molecule has 1 aliphatic rings. The van der Waals surface area contributed by atoms with Gasteiger partial charge in [0.2, 0.25) is 0 Å². The molecule has 0 radical (unpaired) electrons. The molecule has 25 heavy (non-hydrogen) atoms. The molecule has 0 aliphatic carbocycles. The van der Waals surface area contributed by atoms with Crippen LogP contribution in [0.5, 0.6) is 0 Å². The normalized spacial score (nSPS) is 17.2. The van der Waals surface area contributed by atoms with Crippen LogP contribution in [-0.4, -0.2) is 30.1 Å². The zero-order chi connectivity index (χ0) is 17.6. The summed E-state index contributed by atoms with van der Waals surface area (Å²) in [6.07, 6.45) is 1.96. The Morgan fingerprint density at radius 2 is 1.92 bits per heavy atom. The quantitative estimate of drug-likeness (QED) is 0.873. The number of benzene rings is 1. The van der Waals surface area contributed by atoms with E-state index in [9.17, 15) is 4.79 Å². The standard InChI is InChI=1S/C20H27N3O2/c1-15-8-9-19(25-15)16(2)21-20(24)22-18-10-12-23(13-11-18)14-17-6-4-3-5-7-17/h3-9,16,18H,10-14H2,1-2H3,(H2,21,22,24)/t16-/m1/s1. The van der Waals surface area contributed by atoms with Gasteiger partial charge in [0.05, 0.1) is 6.04 Å². The number of nitrogens with one attached hydrogen (secondary N) is 2. The van der Waals surface area contributed by atoms with Gasteiger partial charge in [0.25, 0.3) is 0 Å². The Kier molecular flexibility index (Phi) is 5.76. The van der Waals surface area contributed by atoms with E-state index >= 15 is 0 Å². The molecule has 2 N–H and O–H groups in total. The van der Waals surface area contributed by atoms with Crippen molar-refractivity contribution < 1.29 is 9.21 Å². The molecule has 1 aromatic heterocycles. The Labute approximate surface area is 149 Å². The molecule has 3 rings (SSSR count). The molecule has 5 heteroatoms. The second-order valence-corrected chi connectivity index (χ2v) is 6.82. The second kappa shape index (κ2) is 8.21. The van der Waals surface area contributed by atoms with E-state index in [-0.39, 0.29) is 18.1 Å². The Balaban J connectivity index is 1.40. The van der Waals surface area contributed by atoms with E-state index in [1.165, 1.54) is 5.56 Å². The molecule has 1 aliphatic heterocycles. The topological polar surface area (TPSA) is 57.5 Å². The van der Waals surface area contributed by atoms with Gasteiger partial charge >= 0.3 is 6.03 Å². The number of piperidine rings is 1. The summed E-state index contributed by atoms with van der Waals surface area (Å²) in [6, 6.07) is 14.3.